The van der Waals surface area contributed by atoms with Crippen molar-refractivity contribution in [1.29, 1.82) is 0 Å². The lowest BCUT2D eigenvalue weighted by molar-refractivity contribution is 0.936. The van der Waals surface area contributed by atoms with Gasteiger partial charge in [-0.2, -0.15) is 0 Å². The summed E-state index contributed by atoms with van der Waals surface area (Å²) in [5, 5.41) is 3.45. The summed E-state index contributed by atoms with van der Waals surface area (Å²) in [4.78, 5) is 16.3. The van der Waals surface area contributed by atoms with E-state index in [1.807, 2.05) is 0 Å². The number of anilines is 2. The zero-order chi connectivity index (χ0) is 12.3. The van der Waals surface area contributed by atoms with E-state index in [-0.39, 0.29) is 0 Å². The Morgan fingerprint density at radius 2 is 2.18 bits per heavy atom. The Balaban J connectivity index is 2.07. The molecule has 0 radical (unpaired) electrons. The molecule has 0 atom stereocenters. The summed E-state index contributed by atoms with van der Waals surface area (Å²) >= 11 is 5.81. The quantitative estimate of drug-likeness (QED) is 0.801. The van der Waals surface area contributed by atoms with Crippen LogP contribution in [0.4, 0.5) is 11.6 Å². The van der Waals surface area contributed by atoms with Crippen LogP contribution in [0.15, 0.2) is 18.3 Å². The molecule has 2 aromatic rings. The van der Waals surface area contributed by atoms with Crippen LogP contribution in [0.1, 0.15) is 11.6 Å². The Kier molecular flexibility index (Phi) is 3.34. The third-order valence-electron chi connectivity index (χ3n) is 1.96. The van der Waals surface area contributed by atoms with Gasteiger partial charge >= 0.3 is 0 Å². The third-order valence-corrected chi connectivity index (χ3v) is 2.15. The molecule has 7 heteroatoms. The van der Waals surface area contributed by atoms with E-state index in [0.29, 0.717) is 35.0 Å². The van der Waals surface area contributed by atoms with Crippen LogP contribution in [0.3, 0.4) is 0 Å². The Bertz CT molecular complexity index is 510. The molecular weight excluding hydrogens is 240 g/mol. The number of hydrogen-bond acceptors (Lipinski definition) is 6. The number of nitrogens with one attached hydrogen (secondary N) is 1. The minimum atomic E-state index is 0.397. The van der Waals surface area contributed by atoms with Gasteiger partial charge in [0.2, 0.25) is 0 Å². The zero-order valence-electron chi connectivity index (χ0n) is 9.18. The number of aryl methyl sites for hydroxylation is 1. The van der Waals surface area contributed by atoms with E-state index in [0.717, 1.165) is 0 Å². The molecule has 3 N–H and O–H groups in total. The normalized spacial score (nSPS) is 10.2. The fourth-order valence-electron chi connectivity index (χ4n) is 1.29. The number of nitrogen functional groups attached to an aromatic ring is 1. The fraction of sp³-hybridized carbons (Fsp3) is 0.200. The van der Waals surface area contributed by atoms with Gasteiger partial charge in [-0.25, -0.2) is 19.9 Å². The van der Waals surface area contributed by atoms with Crippen molar-refractivity contribution >= 4 is 23.2 Å². The first-order chi connectivity index (χ1) is 8.13. The highest BCUT2D eigenvalue weighted by molar-refractivity contribution is 6.29. The molecule has 0 aliphatic rings. The van der Waals surface area contributed by atoms with Gasteiger partial charge in [-0.15, -0.1) is 0 Å². The largest absolute Gasteiger partial charge is 0.384 e. The van der Waals surface area contributed by atoms with Crippen molar-refractivity contribution in [1.82, 2.24) is 19.9 Å². The molecule has 88 valence electrons. The highest BCUT2D eigenvalue weighted by Gasteiger charge is 2.01. The minimum Gasteiger partial charge on any atom is -0.384 e. The van der Waals surface area contributed by atoms with Crippen molar-refractivity contribution in [3.05, 3.63) is 35.1 Å². The van der Waals surface area contributed by atoms with E-state index in [1.54, 1.807) is 25.3 Å². The van der Waals surface area contributed by atoms with Gasteiger partial charge in [0.05, 0.1) is 6.54 Å². The summed E-state index contributed by atoms with van der Waals surface area (Å²) in [6, 6.07) is 3.27. The van der Waals surface area contributed by atoms with Gasteiger partial charge in [0.1, 0.15) is 28.4 Å². The van der Waals surface area contributed by atoms with Crippen LogP contribution in [-0.4, -0.2) is 19.9 Å². The molecule has 0 bridgehead atoms. The van der Waals surface area contributed by atoms with E-state index in [2.05, 4.69) is 25.3 Å². The van der Waals surface area contributed by atoms with Gasteiger partial charge in [-0.3, -0.25) is 0 Å². The second-order valence-corrected chi connectivity index (χ2v) is 3.76. The molecule has 6 nitrogen and oxygen atoms in total. The lowest BCUT2D eigenvalue weighted by atomic mass is 10.5. The predicted octanol–water partition coefficient (Wildman–Crippen LogP) is 1.42. The van der Waals surface area contributed by atoms with Crippen molar-refractivity contribution in [2.45, 2.75) is 13.5 Å². The maximum atomic E-state index is 5.81. The summed E-state index contributed by atoms with van der Waals surface area (Å²) < 4.78 is 0. The molecule has 0 amide bonds. The molecule has 17 heavy (non-hydrogen) atoms. The van der Waals surface area contributed by atoms with Gasteiger partial charge in [-0.1, -0.05) is 11.6 Å². The number of hydrogen-bond donors (Lipinski definition) is 2. The van der Waals surface area contributed by atoms with Crippen LogP contribution in [0.2, 0.25) is 5.15 Å². The topological polar surface area (TPSA) is 89.6 Å². The zero-order valence-corrected chi connectivity index (χ0v) is 9.94. The number of nitrogens with two attached hydrogens (primary N) is 1. The maximum Gasteiger partial charge on any atom is 0.149 e. The average Bonchev–Trinajstić information content (AvgIpc) is 2.25. The SMILES string of the molecule is Cc1nc(Cl)cc(NCc2nccc(N)n2)n1. The number of aromatic nitrogens is 4. The Hall–Kier alpha value is -1.95. The second kappa shape index (κ2) is 4.92. The van der Waals surface area contributed by atoms with Gasteiger partial charge in [0.15, 0.2) is 0 Å². The van der Waals surface area contributed by atoms with Crippen LogP contribution < -0.4 is 11.1 Å². The lowest BCUT2D eigenvalue weighted by Gasteiger charge is -2.05. The molecule has 0 unspecified atom stereocenters. The average molecular weight is 251 g/mol. The van der Waals surface area contributed by atoms with Crippen LogP contribution in [0.25, 0.3) is 0 Å². The first-order valence-electron chi connectivity index (χ1n) is 4.96. The molecular formula is C10H11ClN6. The first kappa shape index (κ1) is 11.5. The molecule has 0 saturated heterocycles. The highest BCUT2D eigenvalue weighted by Crippen LogP contribution is 2.11. The summed E-state index contributed by atoms with van der Waals surface area (Å²) in [7, 11) is 0. The molecule has 0 aromatic carbocycles. The molecule has 0 spiro atoms. The summed E-state index contributed by atoms with van der Waals surface area (Å²) in [6.07, 6.45) is 1.61. The number of halogens is 1. The van der Waals surface area contributed by atoms with E-state index in [1.165, 1.54) is 0 Å². The van der Waals surface area contributed by atoms with E-state index >= 15 is 0 Å². The van der Waals surface area contributed by atoms with E-state index in [9.17, 15) is 0 Å². The van der Waals surface area contributed by atoms with Gasteiger partial charge < -0.3 is 11.1 Å². The molecule has 0 saturated carbocycles. The third kappa shape index (κ3) is 3.25. The van der Waals surface area contributed by atoms with Crippen LogP contribution in [0.5, 0.6) is 0 Å². The Labute approximate surface area is 103 Å². The molecule has 0 aliphatic carbocycles. The molecule has 0 aliphatic heterocycles. The first-order valence-corrected chi connectivity index (χ1v) is 5.34. The number of rotatable bonds is 3. The van der Waals surface area contributed by atoms with E-state index < -0.39 is 0 Å². The van der Waals surface area contributed by atoms with E-state index in [4.69, 9.17) is 17.3 Å². The van der Waals surface area contributed by atoms with Gasteiger partial charge in [0.25, 0.3) is 0 Å². The van der Waals surface area contributed by atoms with Crippen molar-refractivity contribution < 1.29 is 0 Å². The standard InChI is InChI=1S/C10H11ClN6/c1-6-15-7(11)4-9(16-6)14-5-10-13-3-2-8(12)17-10/h2-4H,5H2,1H3,(H2,12,13,17)(H,14,15,16). The number of nitrogens with zero attached hydrogens (tertiary/aromatic N) is 4. The Morgan fingerprint density at radius 3 is 2.88 bits per heavy atom. The fourth-order valence-corrected chi connectivity index (χ4v) is 1.52. The van der Waals surface area contributed by atoms with Crippen LogP contribution in [0, 0.1) is 6.92 Å². The molecule has 2 aromatic heterocycles. The molecule has 2 rings (SSSR count). The summed E-state index contributed by atoms with van der Waals surface area (Å²) in [5.74, 6) is 2.27. The van der Waals surface area contributed by atoms with Gasteiger partial charge in [0, 0.05) is 12.3 Å². The van der Waals surface area contributed by atoms with Crippen molar-refractivity contribution in [2.75, 3.05) is 11.1 Å². The van der Waals surface area contributed by atoms with Crippen molar-refractivity contribution in [3.8, 4) is 0 Å². The van der Waals surface area contributed by atoms with Crippen LogP contribution >= 0.6 is 11.6 Å². The van der Waals surface area contributed by atoms with Crippen molar-refractivity contribution in [2.24, 2.45) is 0 Å². The monoisotopic (exact) mass is 250 g/mol. The molecule has 0 fully saturated rings. The smallest absolute Gasteiger partial charge is 0.149 e. The maximum absolute atomic E-state index is 5.81. The Morgan fingerprint density at radius 1 is 1.35 bits per heavy atom. The summed E-state index contributed by atoms with van der Waals surface area (Å²) in [6.45, 7) is 2.20. The molecule has 2 heterocycles. The highest BCUT2D eigenvalue weighted by atomic mass is 35.5. The second-order valence-electron chi connectivity index (χ2n) is 3.37. The van der Waals surface area contributed by atoms with Gasteiger partial charge in [-0.05, 0) is 13.0 Å². The summed E-state index contributed by atoms with van der Waals surface area (Å²) in [5.41, 5.74) is 5.55. The lowest BCUT2D eigenvalue weighted by Crippen LogP contribution is -2.07. The minimum absolute atomic E-state index is 0.397. The predicted molar refractivity (Wildman–Crippen MR) is 65.6 cm³/mol. The van der Waals surface area contributed by atoms with Crippen LogP contribution in [-0.2, 0) is 6.54 Å². The van der Waals surface area contributed by atoms with Crippen molar-refractivity contribution in [3.63, 3.8) is 0 Å².